The van der Waals surface area contributed by atoms with Crippen LogP contribution in [0.3, 0.4) is 0 Å². The van der Waals surface area contributed by atoms with E-state index in [9.17, 15) is 4.39 Å². The molecule has 108 valence electrons. The van der Waals surface area contributed by atoms with Crippen LogP contribution in [0.25, 0.3) is 10.9 Å². The van der Waals surface area contributed by atoms with E-state index < -0.39 is 0 Å². The number of rotatable bonds is 5. The molecule has 0 fully saturated rings. The van der Waals surface area contributed by atoms with Crippen LogP contribution in [0.5, 0.6) is 0 Å². The number of aromatic nitrogens is 1. The molecule has 0 bridgehead atoms. The molecule has 0 amide bonds. The van der Waals surface area contributed by atoms with E-state index in [4.69, 9.17) is 5.73 Å². The monoisotopic (exact) mass is 282 g/mol. The third kappa shape index (κ3) is 2.98. The molecule has 0 saturated carbocycles. The van der Waals surface area contributed by atoms with Gasteiger partial charge in [0.15, 0.2) is 0 Å². The van der Waals surface area contributed by atoms with Gasteiger partial charge in [-0.25, -0.2) is 4.39 Å². The van der Waals surface area contributed by atoms with Crippen LogP contribution < -0.4 is 5.73 Å². The summed E-state index contributed by atoms with van der Waals surface area (Å²) < 4.78 is 15.7. The van der Waals surface area contributed by atoms with E-state index in [1.165, 1.54) is 17.2 Å². The van der Waals surface area contributed by atoms with Crippen LogP contribution in [0, 0.1) is 5.82 Å². The van der Waals surface area contributed by atoms with E-state index in [-0.39, 0.29) is 5.82 Å². The fraction of sp³-hybridized carbons (Fsp3) is 0.222. The molecule has 0 unspecified atom stereocenters. The number of benzene rings is 2. The van der Waals surface area contributed by atoms with Gasteiger partial charge in [-0.15, -0.1) is 0 Å². The molecule has 2 nitrogen and oxygen atoms in total. The minimum Gasteiger partial charge on any atom is -0.343 e. The maximum absolute atomic E-state index is 13.5. The van der Waals surface area contributed by atoms with Crippen molar-refractivity contribution in [3.8, 4) is 0 Å². The van der Waals surface area contributed by atoms with Crippen molar-refractivity contribution in [1.82, 2.24) is 4.57 Å². The molecule has 0 aliphatic heterocycles. The Morgan fingerprint density at radius 2 is 1.86 bits per heavy atom. The first kappa shape index (κ1) is 13.8. The normalized spacial score (nSPS) is 11.1. The van der Waals surface area contributed by atoms with Crippen molar-refractivity contribution in [1.29, 1.82) is 0 Å². The lowest BCUT2D eigenvalue weighted by Gasteiger charge is -2.05. The molecule has 1 heterocycles. The number of hydrogen-bond donors (Lipinski definition) is 1. The molecule has 0 aliphatic carbocycles. The molecule has 0 radical (unpaired) electrons. The Morgan fingerprint density at radius 3 is 2.62 bits per heavy atom. The topological polar surface area (TPSA) is 30.9 Å². The Hall–Kier alpha value is -2.13. The van der Waals surface area contributed by atoms with Crippen LogP contribution in [0.1, 0.15) is 17.5 Å². The first-order valence-electron chi connectivity index (χ1n) is 7.29. The maximum Gasteiger partial charge on any atom is 0.123 e. The van der Waals surface area contributed by atoms with Crippen LogP contribution in [-0.2, 0) is 13.0 Å². The maximum atomic E-state index is 13.5. The first-order valence-corrected chi connectivity index (χ1v) is 7.29. The van der Waals surface area contributed by atoms with Crippen molar-refractivity contribution in [2.75, 3.05) is 6.54 Å². The molecule has 3 rings (SSSR count). The van der Waals surface area contributed by atoms with Crippen molar-refractivity contribution in [3.05, 3.63) is 71.7 Å². The van der Waals surface area contributed by atoms with E-state index in [2.05, 4.69) is 22.9 Å². The van der Waals surface area contributed by atoms with Crippen LogP contribution in [0.15, 0.2) is 54.7 Å². The second kappa shape index (κ2) is 6.10. The molecule has 2 N–H and O–H groups in total. The molecular weight excluding hydrogens is 263 g/mol. The fourth-order valence-electron chi connectivity index (χ4n) is 2.75. The average Bonchev–Trinajstić information content (AvgIpc) is 2.83. The summed E-state index contributed by atoms with van der Waals surface area (Å²) in [6.45, 7) is 1.45. The predicted octanol–water partition coefficient (Wildman–Crippen LogP) is 3.72. The second-order valence-corrected chi connectivity index (χ2v) is 5.32. The molecule has 0 spiro atoms. The molecule has 0 aliphatic rings. The molecule has 3 aromatic rings. The number of aryl methyl sites for hydroxylation is 1. The summed E-state index contributed by atoms with van der Waals surface area (Å²) in [6, 6.07) is 15.3. The van der Waals surface area contributed by atoms with Gasteiger partial charge in [0.05, 0.1) is 0 Å². The zero-order valence-electron chi connectivity index (χ0n) is 11.9. The number of nitrogens with zero attached hydrogens (tertiary/aromatic N) is 1. The SMILES string of the molecule is NCCCc1cn(Cc2ccccc2)c2ccc(F)cc12. The Bertz CT molecular complexity index is 732. The molecular formula is C18H19FN2. The molecule has 0 atom stereocenters. The number of hydrogen-bond acceptors (Lipinski definition) is 1. The van der Waals surface area contributed by atoms with Crippen LogP contribution in [0.2, 0.25) is 0 Å². The van der Waals surface area contributed by atoms with Crippen LogP contribution >= 0.6 is 0 Å². The molecule has 21 heavy (non-hydrogen) atoms. The first-order chi connectivity index (χ1) is 10.3. The van der Waals surface area contributed by atoms with Gasteiger partial charge in [-0.1, -0.05) is 30.3 Å². The van der Waals surface area contributed by atoms with E-state index >= 15 is 0 Å². The minimum atomic E-state index is -0.186. The highest BCUT2D eigenvalue weighted by Gasteiger charge is 2.09. The highest BCUT2D eigenvalue weighted by Crippen LogP contribution is 2.24. The van der Waals surface area contributed by atoms with Gasteiger partial charge >= 0.3 is 0 Å². The van der Waals surface area contributed by atoms with E-state index in [1.807, 2.05) is 24.3 Å². The number of halogens is 1. The predicted molar refractivity (Wildman–Crippen MR) is 84.8 cm³/mol. The van der Waals surface area contributed by atoms with Gasteiger partial charge in [0.2, 0.25) is 0 Å². The van der Waals surface area contributed by atoms with E-state index in [0.717, 1.165) is 30.3 Å². The highest BCUT2D eigenvalue weighted by atomic mass is 19.1. The smallest absolute Gasteiger partial charge is 0.123 e. The molecule has 1 aromatic heterocycles. The minimum absolute atomic E-state index is 0.186. The zero-order valence-corrected chi connectivity index (χ0v) is 11.9. The average molecular weight is 282 g/mol. The Kier molecular flexibility index (Phi) is 4.02. The van der Waals surface area contributed by atoms with Gasteiger partial charge < -0.3 is 10.3 Å². The fourth-order valence-corrected chi connectivity index (χ4v) is 2.75. The lowest BCUT2D eigenvalue weighted by atomic mass is 10.1. The van der Waals surface area contributed by atoms with Crippen molar-refractivity contribution in [2.45, 2.75) is 19.4 Å². The third-order valence-electron chi connectivity index (χ3n) is 3.77. The van der Waals surface area contributed by atoms with Gasteiger partial charge in [-0.2, -0.15) is 0 Å². The van der Waals surface area contributed by atoms with Gasteiger partial charge in [-0.05, 0) is 48.7 Å². The van der Waals surface area contributed by atoms with Gasteiger partial charge in [0, 0.05) is 23.6 Å². The third-order valence-corrected chi connectivity index (χ3v) is 3.77. The quantitative estimate of drug-likeness (QED) is 0.759. The zero-order chi connectivity index (χ0) is 14.7. The summed E-state index contributed by atoms with van der Waals surface area (Å²) in [5.74, 6) is -0.186. The summed E-state index contributed by atoms with van der Waals surface area (Å²) in [4.78, 5) is 0. The Labute approximate surface area is 124 Å². The van der Waals surface area contributed by atoms with E-state index in [0.29, 0.717) is 6.54 Å². The summed E-state index contributed by atoms with van der Waals surface area (Å²) in [5.41, 5.74) is 9.09. The second-order valence-electron chi connectivity index (χ2n) is 5.32. The van der Waals surface area contributed by atoms with Crippen molar-refractivity contribution >= 4 is 10.9 Å². The van der Waals surface area contributed by atoms with Crippen LogP contribution in [0.4, 0.5) is 4.39 Å². The van der Waals surface area contributed by atoms with Crippen molar-refractivity contribution in [3.63, 3.8) is 0 Å². The Morgan fingerprint density at radius 1 is 1.05 bits per heavy atom. The Balaban J connectivity index is 2.02. The summed E-state index contributed by atoms with van der Waals surface area (Å²) >= 11 is 0. The lowest BCUT2D eigenvalue weighted by Crippen LogP contribution is -2.00. The van der Waals surface area contributed by atoms with Gasteiger partial charge in [-0.3, -0.25) is 0 Å². The largest absolute Gasteiger partial charge is 0.343 e. The molecule has 0 saturated heterocycles. The summed E-state index contributed by atoms with van der Waals surface area (Å²) in [6.07, 6.45) is 3.94. The van der Waals surface area contributed by atoms with Crippen LogP contribution in [-0.4, -0.2) is 11.1 Å². The lowest BCUT2D eigenvalue weighted by molar-refractivity contribution is 0.629. The van der Waals surface area contributed by atoms with Gasteiger partial charge in [0.25, 0.3) is 0 Å². The van der Waals surface area contributed by atoms with Crippen molar-refractivity contribution < 1.29 is 4.39 Å². The summed E-state index contributed by atoms with van der Waals surface area (Å²) in [5, 5.41) is 0.999. The number of nitrogens with two attached hydrogens (primary N) is 1. The van der Waals surface area contributed by atoms with Gasteiger partial charge in [0.1, 0.15) is 5.82 Å². The highest BCUT2D eigenvalue weighted by molar-refractivity contribution is 5.84. The van der Waals surface area contributed by atoms with Crippen molar-refractivity contribution in [2.24, 2.45) is 5.73 Å². The molecule has 2 aromatic carbocycles. The van der Waals surface area contributed by atoms with E-state index in [1.54, 1.807) is 6.07 Å². The summed E-state index contributed by atoms with van der Waals surface area (Å²) in [7, 11) is 0. The number of fused-ring (bicyclic) bond motifs is 1. The standard InChI is InChI=1S/C18H19FN2/c19-16-8-9-18-17(11-16)15(7-4-10-20)13-21(18)12-14-5-2-1-3-6-14/h1-3,5-6,8-9,11,13H,4,7,10,12,20H2. The molecule has 3 heteroatoms.